The summed E-state index contributed by atoms with van der Waals surface area (Å²) in [5, 5.41) is 8.96. The van der Waals surface area contributed by atoms with Gasteiger partial charge in [0.1, 0.15) is 11.6 Å². The Labute approximate surface area is 152 Å². The Balaban J connectivity index is 1.62. The van der Waals surface area contributed by atoms with Gasteiger partial charge in [-0.1, -0.05) is 17.7 Å². The van der Waals surface area contributed by atoms with Crippen molar-refractivity contribution in [3.05, 3.63) is 65.0 Å². The van der Waals surface area contributed by atoms with Crippen molar-refractivity contribution in [1.82, 2.24) is 4.90 Å². The maximum atomic E-state index is 13.6. The molecule has 0 saturated carbocycles. The van der Waals surface area contributed by atoms with Crippen LogP contribution in [0.15, 0.2) is 42.5 Å². The number of halogens is 1. The average molecular weight is 352 g/mol. The van der Waals surface area contributed by atoms with E-state index in [9.17, 15) is 9.18 Å². The number of nitriles is 1. The van der Waals surface area contributed by atoms with E-state index in [1.807, 2.05) is 37.3 Å². The Hall–Kier alpha value is -2.87. The van der Waals surface area contributed by atoms with Crippen molar-refractivity contribution in [1.29, 1.82) is 5.26 Å². The van der Waals surface area contributed by atoms with Crippen molar-refractivity contribution in [3.63, 3.8) is 0 Å². The zero-order valence-electron chi connectivity index (χ0n) is 14.7. The minimum absolute atomic E-state index is 0.157. The Kier molecular flexibility index (Phi) is 5.52. The molecule has 2 aromatic carbocycles. The van der Waals surface area contributed by atoms with Crippen molar-refractivity contribution in [2.75, 3.05) is 19.7 Å². The maximum absolute atomic E-state index is 13.6. The Bertz CT molecular complexity index is 827. The van der Waals surface area contributed by atoms with Gasteiger partial charge in [0, 0.05) is 24.6 Å². The Morgan fingerprint density at radius 3 is 2.81 bits per heavy atom. The number of ether oxygens (including phenoxy) is 1. The molecular formula is C21H21FN2O2. The third-order valence-corrected chi connectivity index (χ3v) is 4.59. The third kappa shape index (κ3) is 4.40. The lowest BCUT2D eigenvalue weighted by atomic mass is 9.98. The highest BCUT2D eigenvalue weighted by Crippen LogP contribution is 2.21. The second kappa shape index (κ2) is 8.01. The minimum atomic E-state index is -0.566. The van der Waals surface area contributed by atoms with Crippen molar-refractivity contribution >= 4 is 5.91 Å². The summed E-state index contributed by atoms with van der Waals surface area (Å²) in [5.74, 6) is 0.255. The van der Waals surface area contributed by atoms with Gasteiger partial charge in [0.05, 0.1) is 18.2 Å². The summed E-state index contributed by atoms with van der Waals surface area (Å²) >= 11 is 0. The molecule has 1 aliphatic rings. The number of carbonyl (C=O) groups excluding carboxylic acids is 1. The summed E-state index contributed by atoms with van der Waals surface area (Å²) in [4.78, 5) is 14.4. The Morgan fingerprint density at radius 1 is 1.31 bits per heavy atom. The molecule has 1 saturated heterocycles. The highest BCUT2D eigenvalue weighted by atomic mass is 19.1. The molecule has 0 unspecified atom stereocenters. The molecular weight excluding hydrogens is 331 g/mol. The molecule has 0 aliphatic carbocycles. The number of piperidine rings is 1. The van der Waals surface area contributed by atoms with E-state index in [2.05, 4.69) is 0 Å². The molecule has 26 heavy (non-hydrogen) atoms. The number of carbonyl (C=O) groups is 1. The summed E-state index contributed by atoms with van der Waals surface area (Å²) in [6, 6.07) is 13.5. The third-order valence-electron chi connectivity index (χ3n) is 4.59. The number of rotatable bonds is 4. The van der Waals surface area contributed by atoms with Crippen molar-refractivity contribution in [3.8, 4) is 11.8 Å². The second-order valence-corrected chi connectivity index (χ2v) is 6.72. The molecule has 1 fully saturated rings. The first kappa shape index (κ1) is 17.9. The van der Waals surface area contributed by atoms with E-state index < -0.39 is 5.82 Å². The predicted octanol–water partition coefficient (Wildman–Crippen LogP) is 3.94. The number of likely N-dealkylation sites (tertiary alicyclic amines) is 1. The van der Waals surface area contributed by atoms with Crippen LogP contribution in [0.5, 0.6) is 5.75 Å². The van der Waals surface area contributed by atoms with Gasteiger partial charge < -0.3 is 9.64 Å². The number of aryl methyl sites for hydroxylation is 1. The van der Waals surface area contributed by atoms with Crippen LogP contribution in [0.3, 0.4) is 0 Å². The fraction of sp³-hybridized carbons (Fsp3) is 0.333. The van der Waals surface area contributed by atoms with Gasteiger partial charge >= 0.3 is 0 Å². The normalized spacial score (nSPS) is 16.8. The molecule has 0 bridgehead atoms. The topological polar surface area (TPSA) is 53.3 Å². The molecule has 0 N–H and O–H groups in total. The Morgan fingerprint density at radius 2 is 2.08 bits per heavy atom. The van der Waals surface area contributed by atoms with Gasteiger partial charge in [-0.25, -0.2) is 4.39 Å². The van der Waals surface area contributed by atoms with Crippen LogP contribution in [0.4, 0.5) is 4.39 Å². The zero-order chi connectivity index (χ0) is 18.5. The van der Waals surface area contributed by atoms with Gasteiger partial charge in [0.15, 0.2) is 0 Å². The highest BCUT2D eigenvalue weighted by Gasteiger charge is 2.25. The monoisotopic (exact) mass is 352 g/mol. The van der Waals surface area contributed by atoms with Gasteiger partial charge in [0.25, 0.3) is 5.91 Å². The van der Waals surface area contributed by atoms with Crippen molar-refractivity contribution in [2.45, 2.75) is 19.8 Å². The molecule has 1 amide bonds. The van der Waals surface area contributed by atoms with Crippen LogP contribution in [-0.2, 0) is 0 Å². The van der Waals surface area contributed by atoms with Crippen LogP contribution in [0.1, 0.15) is 34.3 Å². The van der Waals surface area contributed by atoms with Crippen LogP contribution in [0, 0.1) is 30.0 Å². The summed E-state index contributed by atoms with van der Waals surface area (Å²) in [6.45, 7) is 3.78. The summed E-state index contributed by atoms with van der Waals surface area (Å²) in [5.41, 5.74) is 1.56. The lowest BCUT2D eigenvalue weighted by Crippen LogP contribution is -2.41. The molecule has 0 spiro atoms. The zero-order valence-corrected chi connectivity index (χ0v) is 14.7. The lowest BCUT2D eigenvalue weighted by molar-refractivity contribution is 0.0633. The first-order valence-electron chi connectivity index (χ1n) is 8.74. The number of benzene rings is 2. The molecule has 3 rings (SSSR count). The van der Waals surface area contributed by atoms with E-state index >= 15 is 0 Å². The number of hydrogen-bond acceptors (Lipinski definition) is 3. The van der Waals surface area contributed by atoms with E-state index in [4.69, 9.17) is 10.00 Å². The first-order chi connectivity index (χ1) is 12.5. The largest absolute Gasteiger partial charge is 0.493 e. The summed E-state index contributed by atoms with van der Waals surface area (Å²) in [7, 11) is 0. The molecule has 0 radical (unpaired) electrons. The smallest absolute Gasteiger partial charge is 0.254 e. The van der Waals surface area contributed by atoms with Crippen LogP contribution in [0.2, 0.25) is 0 Å². The van der Waals surface area contributed by atoms with E-state index in [0.717, 1.165) is 24.7 Å². The molecule has 1 atom stereocenters. The molecule has 134 valence electrons. The predicted molar refractivity (Wildman–Crippen MR) is 96.4 cm³/mol. The average Bonchev–Trinajstić information content (AvgIpc) is 2.66. The van der Waals surface area contributed by atoms with E-state index in [-0.39, 0.29) is 23.0 Å². The van der Waals surface area contributed by atoms with Gasteiger partial charge in [-0.15, -0.1) is 0 Å². The lowest BCUT2D eigenvalue weighted by Gasteiger charge is -2.32. The molecule has 2 aromatic rings. The van der Waals surface area contributed by atoms with Gasteiger partial charge in [0.2, 0.25) is 0 Å². The van der Waals surface area contributed by atoms with E-state index in [1.165, 1.54) is 17.7 Å². The van der Waals surface area contributed by atoms with Crippen LogP contribution < -0.4 is 4.74 Å². The summed E-state index contributed by atoms with van der Waals surface area (Å²) < 4.78 is 19.5. The van der Waals surface area contributed by atoms with E-state index in [0.29, 0.717) is 19.7 Å². The summed E-state index contributed by atoms with van der Waals surface area (Å²) in [6.07, 6.45) is 1.87. The molecule has 5 heteroatoms. The van der Waals surface area contributed by atoms with Gasteiger partial charge in [-0.3, -0.25) is 4.79 Å². The number of amides is 1. The highest BCUT2D eigenvalue weighted by molar-refractivity contribution is 5.94. The standard InChI is InChI=1S/C21H21FN2O2/c1-15-4-6-20(7-5-15)26-14-16-3-2-8-24(13-16)21(25)18-9-17(12-23)10-19(22)11-18/h4-7,9-11,16H,2-3,8,13-14H2,1H3/t16-/m1/s1. The van der Waals surface area contributed by atoms with Gasteiger partial charge in [-0.2, -0.15) is 5.26 Å². The molecule has 4 nitrogen and oxygen atoms in total. The van der Waals surface area contributed by atoms with E-state index in [1.54, 1.807) is 4.90 Å². The van der Waals surface area contributed by atoms with Crippen molar-refractivity contribution < 1.29 is 13.9 Å². The SMILES string of the molecule is Cc1ccc(OC[C@@H]2CCCN(C(=O)c3cc(F)cc(C#N)c3)C2)cc1. The second-order valence-electron chi connectivity index (χ2n) is 6.72. The maximum Gasteiger partial charge on any atom is 0.254 e. The van der Waals surface area contributed by atoms with Crippen LogP contribution >= 0.6 is 0 Å². The molecule has 1 aliphatic heterocycles. The quantitative estimate of drug-likeness (QED) is 0.837. The van der Waals surface area contributed by atoms with Crippen LogP contribution in [-0.4, -0.2) is 30.5 Å². The number of hydrogen-bond donors (Lipinski definition) is 0. The fourth-order valence-corrected chi connectivity index (χ4v) is 3.19. The van der Waals surface area contributed by atoms with Crippen molar-refractivity contribution in [2.24, 2.45) is 5.92 Å². The first-order valence-corrected chi connectivity index (χ1v) is 8.74. The molecule has 1 heterocycles. The van der Waals surface area contributed by atoms with Gasteiger partial charge in [-0.05, 0) is 50.1 Å². The minimum Gasteiger partial charge on any atom is -0.493 e. The number of nitrogens with zero attached hydrogens (tertiary/aromatic N) is 2. The van der Waals surface area contributed by atoms with Crippen LogP contribution in [0.25, 0.3) is 0 Å². The fourth-order valence-electron chi connectivity index (χ4n) is 3.19. The molecule has 0 aromatic heterocycles.